The average Bonchev–Trinajstić information content (AvgIpc) is 3.01. The molecule has 1 N–H and O–H groups in total. The molecule has 5 nitrogen and oxygen atoms in total. The summed E-state index contributed by atoms with van der Waals surface area (Å²) in [4.78, 5) is 25.3. The lowest BCUT2D eigenvalue weighted by Crippen LogP contribution is -2.50. The third-order valence-electron chi connectivity index (χ3n) is 4.20. The lowest BCUT2D eigenvalue weighted by atomic mass is 10.1. The molecule has 1 unspecified atom stereocenters. The first-order valence-corrected chi connectivity index (χ1v) is 8.66. The zero-order chi connectivity index (χ0) is 19.0. The number of hydrogen-bond donors (Lipinski definition) is 1. The third kappa shape index (κ3) is 4.33. The molecule has 1 amide bonds. The van der Waals surface area contributed by atoms with E-state index in [4.69, 9.17) is 9.47 Å². The lowest BCUT2D eigenvalue weighted by molar-refractivity contribution is -0.159. The fourth-order valence-corrected chi connectivity index (χ4v) is 3.16. The fraction of sp³-hybridized carbons (Fsp3) is 0.600. The van der Waals surface area contributed by atoms with E-state index in [9.17, 15) is 9.59 Å². The number of nitrogens with one attached hydrogen (secondary N) is 1. The number of benzene rings is 1. The minimum absolute atomic E-state index is 0.0859. The highest BCUT2D eigenvalue weighted by Gasteiger charge is 2.70. The van der Waals surface area contributed by atoms with E-state index in [0.717, 1.165) is 5.56 Å². The molecule has 0 saturated heterocycles. The Bertz CT molecular complexity index is 642. The van der Waals surface area contributed by atoms with E-state index in [1.54, 1.807) is 20.8 Å². The van der Waals surface area contributed by atoms with Crippen LogP contribution in [0.2, 0.25) is 0 Å². The van der Waals surface area contributed by atoms with Crippen molar-refractivity contribution in [2.45, 2.75) is 71.1 Å². The molecule has 0 aromatic heterocycles. The predicted molar refractivity (Wildman–Crippen MR) is 96.3 cm³/mol. The van der Waals surface area contributed by atoms with E-state index in [1.165, 1.54) is 0 Å². The molecule has 0 radical (unpaired) electrons. The molecular formula is C20H29NO4. The van der Waals surface area contributed by atoms with Crippen molar-refractivity contribution < 1.29 is 19.1 Å². The number of esters is 1. The molecule has 5 heteroatoms. The van der Waals surface area contributed by atoms with Crippen molar-refractivity contribution in [2.24, 2.45) is 5.92 Å². The van der Waals surface area contributed by atoms with Crippen LogP contribution in [0.15, 0.2) is 30.3 Å². The Balaban J connectivity index is 2.30. The van der Waals surface area contributed by atoms with Crippen molar-refractivity contribution in [1.29, 1.82) is 0 Å². The van der Waals surface area contributed by atoms with E-state index < -0.39 is 28.8 Å². The summed E-state index contributed by atoms with van der Waals surface area (Å²) in [5.74, 6) is -0.652. The SMILES string of the molecule is CC1[C@@H](c2ccccc2)[C@]1(NC(=O)OC(C)(C)C)C(=O)OC(C)(C)C. The van der Waals surface area contributed by atoms with Gasteiger partial charge in [0.1, 0.15) is 11.2 Å². The van der Waals surface area contributed by atoms with Crippen molar-refractivity contribution in [1.82, 2.24) is 5.32 Å². The molecule has 1 aliphatic rings. The summed E-state index contributed by atoms with van der Waals surface area (Å²) in [6.07, 6.45) is -0.608. The molecule has 0 bridgehead atoms. The smallest absolute Gasteiger partial charge is 0.408 e. The lowest BCUT2D eigenvalue weighted by Gasteiger charge is -2.27. The van der Waals surface area contributed by atoms with Crippen LogP contribution >= 0.6 is 0 Å². The second-order valence-corrected chi connectivity index (χ2v) is 8.67. The zero-order valence-electron chi connectivity index (χ0n) is 16.2. The summed E-state index contributed by atoms with van der Waals surface area (Å²) in [5.41, 5.74) is -1.38. The average molecular weight is 347 g/mol. The molecule has 1 saturated carbocycles. The predicted octanol–water partition coefficient (Wildman–Crippen LogP) is 4.03. The van der Waals surface area contributed by atoms with E-state index in [-0.39, 0.29) is 11.8 Å². The van der Waals surface area contributed by atoms with Crippen LogP contribution < -0.4 is 5.32 Å². The van der Waals surface area contributed by atoms with Gasteiger partial charge >= 0.3 is 12.1 Å². The normalized spacial score (nSPS) is 25.9. The molecule has 3 atom stereocenters. The number of carbonyl (C=O) groups is 2. The first kappa shape index (κ1) is 19.3. The van der Waals surface area contributed by atoms with E-state index in [2.05, 4.69) is 5.32 Å². The van der Waals surface area contributed by atoms with E-state index in [1.807, 2.05) is 58.0 Å². The fourth-order valence-electron chi connectivity index (χ4n) is 3.16. The van der Waals surface area contributed by atoms with Crippen molar-refractivity contribution in [2.75, 3.05) is 0 Å². The van der Waals surface area contributed by atoms with Crippen LogP contribution in [0.3, 0.4) is 0 Å². The number of amides is 1. The van der Waals surface area contributed by atoms with E-state index >= 15 is 0 Å². The Morgan fingerprint density at radius 2 is 1.48 bits per heavy atom. The van der Waals surface area contributed by atoms with Gasteiger partial charge in [0.05, 0.1) is 0 Å². The number of carbonyl (C=O) groups excluding carboxylic acids is 2. The van der Waals surface area contributed by atoms with Crippen molar-refractivity contribution >= 4 is 12.1 Å². The Morgan fingerprint density at radius 1 is 0.960 bits per heavy atom. The van der Waals surface area contributed by atoms with Gasteiger partial charge in [-0.2, -0.15) is 0 Å². The zero-order valence-corrected chi connectivity index (χ0v) is 16.2. The molecule has 1 fully saturated rings. The van der Waals surface area contributed by atoms with Gasteiger partial charge in [-0.3, -0.25) is 0 Å². The minimum atomic E-state index is -1.10. The molecule has 1 aliphatic carbocycles. The second-order valence-electron chi connectivity index (χ2n) is 8.67. The third-order valence-corrected chi connectivity index (χ3v) is 4.20. The van der Waals surface area contributed by atoms with Crippen LogP contribution in [0.4, 0.5) is 4.79 Å². The molecule has 1 aromatic carbocycles. The van der Waals surface area contributed by atoms with Crippen molar-refractivity contribution in [3.63, 3.8) is 0 Å². The highest BCUT2D eigenvalue weighted by molar-refractivity contribution is 5.92. The first-order valence-electron chi connectivity index (χ1n) is 8.66. The number of hydrogen-bond acceptors (Lipinski definition) is 4. The van der Waals surface area contributed by atoms with Crippen LogP contribution in [0.5, 0.6) is 0 Å². The van der Waals surface area contributed by atoms with Gasteiger partial charge in [0.15, 0.2) is 5.54 Å². The minimum Gasteiger partial charge on any atom is -0.458 e. The highest BCUT2D eigenvalue weighted by atomic mass is 16.6. The van der Waals surface area contributed by atoms with Gasteiger partial charge in [-0.15, -0.1) is 0 Å². The quantitative estimate of drug-likeness (QED) is 0.839. The molecular weight excluding hydrogens is 318 g/mol. The van der Waals surface area contributed by atoms with Crippen LogP contribution in [-0.4, -0.2) is 28.8 Å². The van der Waals surface area contributed by atoms with Gasteiger partial charge in [0.2, 0.25) is 0 Å². The summed E-state index contributed by atoms with van der Waals surface area (Å²) >= 11 is 0. The molecule has 0 heterocycles. The Kier molecular flexibility index (Phi) is 4.90. The highest BCUT2D eigenvalue weighted by Crippen LogP contribution is 2.58. The van der Waals surface area contributed by atoms with Crippen LogP contribution in [-0.2, 0) is 14.3 Å². The van der Waals surface area contributed by atoms with Crippen LogP contribution in [0, 0.1) is 5.92 Å². The maximum Gasteiger partial charge on any atom is 0.408 e. The van der Waals surface area contributed by atoms with Gasteiger partial charge in [0, 0.05) is 11.8 Å². The summed E-state index contributed by atoms with van der Waals surface area (Å²) in [6.45, 7) is 12.8. The van der Waals surface area contributed by atoms with Gasteiger partial charge in [-0.05, 0) is 47.1 Å². The van der Waals surface area contributed by atoms with Gasteiger partial charge in [-0.25, -0.2) is 9.59 Å². The van der Waals surface area contributed by atoms with Gasteiger partial charge in [0.25, 0.3) is 0 Å². The molecule has 0 spiro atoms. The van der Waals surface area contributed by atoms with Gasteiger partial charge in [-0.1, -0.05) is 37.3 Å². The molecule has 138 valence electrons. The Labute approximate surface area is 150 Å². The number of rotatable bonds is 3. The molecule has 25 heavy (non-hydrogen) atoms. The second kappa shape index (κ2) is 6.36. The largest absolute Gasteiger partial charge is 0.458 e. The monoisotopic (exact) mass is 347 g/mol. The maximum atomic E-state index is 12.9. The number of alkyl carbamates (subject to hydrolysis) is 1. The van der Waals surface area contributed by atoms with Crippen LogP contribution in [0.1, 0.15) is 59.9 Å². The van der Waals surface area contributed by atoms with Gasteiger partial charge < -0.3 is 14.8 Å². The standard InChI is InChI=1S/C20H29NO4/c1-13-15(14-11-9-8-10-12-14)20(13,16(22)24-18(2,3)4)21-17(23)25-19(5,6)7/h8-13,15H,1-7H3,(H,21,23)/t13?,15-,20-/m0/s1. The van der Waals surface area contributed by atoms with Crippen molar-refractivity contribution in [3.8, 4) is 0 Å². The summed E-state index contributed by atoms with van der Waals surface area (Å²) < 4.78 is 11.0. The molecule has 1 aromatic rings. The Morgan fingerprint density at radius 3 is 1.96 bits per heavy atom. The summed E-state index contributed by atoms with van der Waals surface area (Å²) in [7, 11) is 0. The van der Waals surface area contributed by atoms with Crippen LogP contribution in [0.25, 0.3) is 0 Å². The summed E-state index contributed by atoms with van der Waals surface area (Å²) in [6, 6.07) is 9.70. The first-order chi connectivity index (χ1) is 11.4. The summed E-state index contributed by atoms with van der Waals surface area (Å²) in [5, 5.41) is 2.81. The molecule has 2 rings (SSSR count). The van der Waals surface area contributed by atoms with Crippen molar-refractivity contribution in [3.05, 3.63) is 35.9 Å². The number of ether oxygens (including phenoxy) is 2. The topological polar surface area (TPSA) is 64.6 Å². The Hall–Kier alpha value is -2.04. The maximum absolute atomic E-state index is 12.9. The molecule has 0 aliphatic heterocycles. The van der Waals surface area contributed by atoms with E-state index in [0.29, 0.717) is 0 Å².